The molecule has 0 spiro atoms. The Morgan fingerprint density at radius 1 is 1.20 bits per heavy atom. The second-order valence-electron chi connectivity index (χ2n) is 3.28. The molecule has 0 saturated heterocycles. The van der Waals surface area contributed by atoms with E-state index in [1.165, 1.54) is 18.6 Å². The highest BCUT2D eigenvalue weighted by molar-refractivity contribution is 5.68. The number of hydrogen-bond acceptors (Lipinski definition) is 3. The molecule has 4 heteroatoms. The van der Waals surface area contributed by atoms with Gasteiger partial charge in [-0.3, -0.25) is 9.59 Å². The molecule has 0 heterocycles. The summed E-state index contributed by atoms with van der Waals surface area (Å²) in [4.78, 5) is 19.3. The molecule has 0 fully saturated rings. The molecular weight excluding hydrogens is 256 g/mol. The van der Waals surface area contributed by atoms with Gasteiger partial charge in [-0.25, -0.2) is 0 Å². The van der Waals surface area contributed by atoms with Crippen molar-refractivity contribution in [2.45, 2.75) is 13.3 Å². The first-order valence-electron chi connectivity index (χ1n) is 5.76. The second kappa shape index (κ2) is 14.4. The summed E-state index contributed by atoms with van der Waals surface area (Å²) in [6.07, 6.45) is 4.34. The number of carbonyl (C=O) groups is 2. The van der Waals surface area contributed by atoms with E-state index in [9.17, 15) is 9.59 Å². The normalized spacial score (nSPS) is 7.65. The van der Waals surface area contributed by atoms with Crippen molar-refractivity contribution in [3.05, 3.63) is 68.0 Å². The number of carboxylic acid groups (broad SMARTS) is 1. The Hall–Kier alpha value is -2.62. The van der Waals surface area contributed by atoms with Gasteiger partial charge in [0.05, 0.1) is 12.7 Å². The third-order valence-electron chi connectivity index (χ3n) is 1.60. The van der Waals surface area contributed by atoms with Crippen molar-refractivity contribution < 1.29 is 19.4 Å². The monoisotopic (exact) mass is 276 g/mol. The lowest BCUT2D eigenvalue weighted by Gasteiger charge is -1.85. The molecule has 0 amide bonds. The molecule has 0 saturated carbocycles. The van der Waals surface area contributed by atoms with Gasteiger partial charge in [-0.05, 0) is 5.56 Å². The van der Waals surface area contributed by atoms with Crippen LogP contribution in [-0.2, 0) is 14.3 Å². The van der Waals surface area contributed by atoms with Crippen LogP contribution >= 0.6 is 0 Å². The van der Waals surface area contributed by atoms with E-state index in [1.807, 2.05) is 36.4 Å². The van der Waals surface area contributed by atoms with Crippen LogP contribution in [0.3, 0.4) is 0 Å². The Morgan fingerprint density at radius 3 is 1.90 bits per heavy atom. The molecular formula is C16H20O4. The van der Waals surface area contributed by atoms with Gasteiger partial charge in [0.25, 0.3) is 0 Å². The maximum absolute atomic E-state index is 9.75. The number of aliphatic carboxylic acids is 1. The van der Waals surface area contributed by atoms with E-state index in [4.69, 9.17) is 5.11 Å². The SMILES string of the molecule is C=CCC(=O)O.C=COC(C)=O.C=Cc1ccccc1. The third-order valence-corrected chi connectivity index (χ3v) is 1.60. The van der Waals surface area contributed by atoms with Gasteiger partial charge in [0.2, 0.25) is 0 Å². The zero-order chi connectivity index (χ0) is 15.8. The van der Waals surface area contributed by atoms with Crippen molar-refractivity contribution in [1.82, 2.24) is 0 Å². The van der Waals surface area contributed by atoms with Gasteiger partial charge in [-0.2, -0.15) is 0 Å². The lowest BCUT2D eigenvalue weighted by molar-refractivity contribution is -0.136. The molecule has 0 atom stereocenters. The molecule has 0 aliphatic rings. The summed E-state index contributed by atoms with van der Waals surface area (Å²) in [7, 11) is 0. The number of hydrogen-bond donors (Lipinski definition) is 1. The number of ether oxygens (including phenoxy) is 1. The van der Waals surface area contributed by atoms with E-state index in [1.54, 1.807) is 0 Å². The van der Waals surface area contributed by atoms with Gasteiger partial charge in [0.1, 0.15) is 0 Å². The fraction of sp³-hybridized carbons (Fsp3) is 0.125. The first kappa shape index (κ1) is 19.7. The molecule has 0 aromatic heterocycles. The zero-order valence-electron chi connectivity index (χ0n) is 11.6. The van der Waals surface area contributed by atoms with Crippen molar-refractivity contribution >= 4 is 18.0 Å². The molecule has 0 aliphatic heterocycles. The zero-order valence-corrected chi connectivity index (χ0v) is 11.6. The Bertz CT molecular complexity index is 401. The molecule has 0 aliphatic carbocycles. The van der Waals surface area contributed by atoms with Crippen LogP contribution in [0.25, 0.3) is 6.08 Å². The molecule has 108 valence electrons. The predicted molar refractivity (Wildman–Crippen MR) is 80.9 cm³/mol. The fourth-order valence-corrected chi connectivity index (χ4v) is 0.830. The number of rotatable bonds is 4. The number of carbonyl (C=O) groups excluding carboxylic acids is 1. The van der Waals surface area contributed by atoms with Crippen LogP contribution < -0.4 is 0 Å². The highest BCUT2D eigenvalue weighted by atomic mass is 16.5. The van der Waals surface area contributed by atoms with Crippen LogP contribution in [0, 0.1) is 0 Å². The summed E-state index contributed by atoms with van der Waals surface area (Å²) in [5, 5.41) is 7.84. The first-order chi connectivity index (χ1) is 9.47. The average Bonchev–Trinajstić information content (AvgIpc) is 2.41. The van der Waals surface area contributed by atoms with Crippen LogP contribution in [0.2, 0.25) is 0 Å². The molecule has 20 heavy (non-hydrogen) atoms. The van der Waals surface area contributed by atoms with Crippen LogP contribution in [0.5, 0.6) is 0 Å². The fourth-order valence-electron chi connectivity index (χ4n) is 0.830. The van der Waals surface area contributed by atoms with Crippen molar-refractivity contribution in [2.24, 2.45) is 0 Å². The second-order valence-corrected chi connectivity index (χ2v) is 3.28. The average molecular weight is 276 g/mol. The lowest BCUT2D eigenvalue weighted by atomic mass is 10.2. The van der Waals surface area contributed by atoms with E-state index in [0.29, 0.717) is 0 Å². The minimum Gasteiger partial charge on any atom is -0.481 e. The van der Waals surface area contributed by atoms with Gasteiger partial charge < -0.3 is 9.84 Å². The van der Waals surface area contributed by atoms with Crippen LogP contribution in [0.15, 0.2) is 62.4 Å². The topological polar surface area (TPSA) is 63.6 Å². The number of benzene rings is 1. The van der Waals surface area contributed by atoms with Gasteiger partial charge in [0.15, 0.2) is 0 Å². The van der Waals surface area contributed by atoms with E-state index in [2.05, 4.69) is 24.5 Å². The van der Waals surface area contributed by atoms with Gasteiger partial charge in [-0.1, -0.05) is 55.6 Å². The first-order valence-corrected chi connectivity index (χ1v) is 5.76. The summed E-state index contributed by atoms with van der Waals surface area (Å²) >= 11 is 0. The Morgan fingerprint density at radius 2 is 1.75 bits per heavy atom. The summed E-state index contributed by atoms with van der Waals surface area (Å²) in [6.45, 7) is 11.3. The maximum Gasteiger partial charge on any atom is 0.307 e. The Kier molecular flexibility index (Phi) is 14.2. The largest absolute Gasteiger partial charge is 0.481 e. The lowest BCUT2D eigenvalue weighted by Crippen LogP contribution is -1.88. The van der Waals surface area contributed by atoms with Crippen molar-refractivity contribution in [1.29, 1.82) is 0 Å². The van der Waals surface area contributed by atoms with Crippen LogP contribution in [0.4, 0.5) is 0 Å². The van der Waals surface area contributed by atoms with Crippen molar-refractivity contribution in [2.75, 3.05) is 0 Å². The highest BCUT2D eigenvalue weighted by Gasteiger charge is 1.84. The Balaban J connectivity index is 0. The van der Waals surface area contributed by atoms with Gasteiger partial charge in [0, 0.05) is 6.92 Å². The van der Waals surface area contributed by atoms with Crippen molar-refractivity contribution in [3.63, 3.8) is 0 Å². The molecule has 0 radical (unpaired) electrons. The maximum atomic E-state index is 9.75. The highest BCUT2D eigenvalue weighted by Crippen LogP contribution is 1.97. The van der Waals surface area contributed by atoms with E-state index in [0.717, 1.165) is 6.26 Å². The molecule has 1 N–H and O–H groups in total. The molecule has 1 aromatic rings. The van der Waals surface area contributed by atoms with Crippen LogP contribution in [-0.4, -0.2) is 17.0 Å². The number of carboxylic acids is 1. The Labute approximate surface area is 119 Å². The predicted octanol–water partition coefficient (Wildman–Crippen LogP) is 3.67. The summed E-state index contributed by atoms with van der Waals surface area (Å²) in [6, 6.07) is 10.0. The summed E-state index contributed by atoms with van der Waals surface area (Å²) in [5.74, 6) is -1.16. The van der Waals surface area contributed by atoms with Crippen LogP contribution in [0.1, 0.15) is 18.9 Å². The smallest absolute Gasteiger partial charge is 0.307 e. The minimum atomic E-state index is -0.829. The molecule has 4 nitrogen and oxygen atoms in total. The minimum absolute atomic E-state index is 0.0556. The molecule has 1 rings (SSSR count). The van der Waals surface area contributed by atoms with E-state index in [-0.39, 0.29) is 12.4 Å². The third kappa shape index (κ3) is 17.8. The van der Waals surface area contributed by atoms with Gasteiger partial charge >= 0.3 is 11.9 Å². The summed E-state index contributed by atoms with van der Waals surface area (Å²) in [5.41, 5.74) is 1.17. The standard InChI is InChI=1S/C8H8.2C4H6O2/c1-2-8-6-4-3-5-7-8;1-3-6-4(2)5;1-2-3-4(5)6/h2-7H,1H2;3H,1H2,2H3;2H,1,3H2,(H,5,6). The molecule has 0 bridgehead atoms. The molecule has 0 unspecified atom stereocenters. The van der Waals surface area contributed by atoms with Gasteiger partial charge in [-0.15, -0.1) is 6.58 Å². The van der Waals surface area contributed by atoms with E-state index >= 15 is 0 Å². The molecule has 1 aromatic carbocycles. The van der Waals surface area contributed by atoms with Crippen molar-refractivity contribution in [3.8, 4) is 0 Å². The number of esters is 1. The quantitative estimate of drug-likeness (QED) is 0.517. The summed E-state index contributed by atoms with van der Waals surface area (Å²) < 4.78 is 4.17. The van der Waals surface area contributed by atoms with E-state index < -0.39 is 5.97 Å².